The Hall–Kier alpha value is -1.37. The highest BCUT2D eigenvalue weighted by Gasteiger charge is 1.99. The topological polar surface area (TPSA) is 45.0 Å². The Morgan fingerprint density at radius 2 is 2.23 bits per heavy atom. The van der Waals surface area contributed by atoms with E-state index >= 15 is 0 Å². The van der Waals surface area contributed by atoms with E-state index in [1.165, 1.54) is 0 Å². The molecule has 0 aliphatic rings. The number of nitriles is 1. The summed E-state index contributed by atoms with van der Waals surface area (Å²) in [7, 11) is 1.82. The molecule has 0 aromatic heterocycles. The summed E-state index contributed by atoms with van der Waals surface area (Å²) in [6.07, 6.45) is 0. The van der Waals surface area contributed by atoms with E-state index in [0.717, 1.165) is 5.56 Å². The fraction of sp³-hybridized carbons (Fsp3) is 0.300. The summed E-state index contributed by atoms with van der Waals surface area (Å²) >= 11 is 0. The van der Waals surface area contributed by atoms with Gasteiger partial charge in [0.1, 0.15) is 0 Å². The van der Waals surface area contributed by atoms with E-state index in [0.29, 0.717) is 18.9 Å². The van der Waals surface area contributed by atoms with Gasteiger partial charge in [-0.15, -0.1) is 0 Å². The lowest BCUT2D eigenvalue weighted by molar-refractivity contribution is 0.108. The van der Waals surface area contributed by atoms with Crippen molar-refractivity contribution in [2.24, 2.45) is 0 Å². The second-order valence-corrected chi connectivity index (χ2v) is 2.62. The quantitative estimate of drug-likeness (QED) is 0.554. The van der Waals surface area contributed by atoms with Crippen LogP contribution in [0.5, 0.6) is 0 Å². The Labute approximate surface area is 77.9 Å². The van der Waals surface area contributed by atoms with Crippen molar-refractivity contribution in [3.8, 4) is 6.07 Å². The SMILES string of the molecule is CNCOCc1ccccc1C#N. The van der Waals surface area contributed by atoms with Gasteiger partial charge in [0.15, 0.2) is 0 Å². The number of ether oxygens (including phenoxy) is 1. The summed E-state index contributed by atoms with van der Waals surface area (Å²) in [6.45, 7) is 0.977. The number of rotatable bonds is 4. The Morgan fingerprint density at radius 3 is 2.92 bits per heavy atom. The molecule has 0 heterocycles. The third kappa shape index (κ3) is 2.86. The minimum atomic E-state index is 0.477. The van der Waals surface area contributed by atoms with Gasteiger partial charge in [-0.3, -0.25) is 5.32 Å². The highest BCUT2D eigenvalue weighted by Crippen LogP contribution is 2.07. The van der Waals surface area contributed by atoms with Gasteiger partial charge in [-0.1, -0.05) is 18.2 Å². The van der Waals surface area contributed by atoms with Crippen LogP contribution < -0.4 is 5.32 Å². The Balaban J connectivity index is 2.60. The molecule has 0 saturated heterocycles. The van der Waals surface area contributed by atoms with Gasteiger partial charge in [-0.2, -0.15) is 5.26 Å². The van der Waals surface area contributed by atoms with E-state index in [2.05, 4.69) is 11.4 Å². The molecule has 0 unspecified atom stereocenters. The average molecular weight is 176 g/mol. The molecule has 0 fully saturated rings. The van der Waals surface area contributed by atoms with Crippen LogP contribution >= 0.6 is 0 Å². The smallest absolute Gasteiger partial charge is 0.0995 e. The first kappa shape index (κ1) is 9.72. The number of benzene rings is 1. The zero-order valence-corrected chi connectivity index (χ0v) is 7.58. The van der Waals surface area contributed by atoms with Crippen molar-refractivity contribution in [1.82, 2.24) is 5.32 Å². The zero-order valence-electron chi connectivity index (χ0n) is 7.58. The van der Waals surface area contributed by atoms with E-state index in [1.54, 1.807) is 6.07 Å². The Morgan fingerprint density at radius 1 is 1.46 bits per heavy atom. The lowest BCUT2D eigenvalue weighted by Gasteiger charge is -2.04. The molecule has 13 heavy (non-hydrogen) atoms. The van der Waals surface area contributed by atoms with Gasteiger partial charge in [-0.25, -0.2) is 0 Å². The predicted molar refractivity (Wildman–Crippen MR) is 49.9 cm³/mol. The van der Waals surface area contributed by atoms with Gasteiger partial charge < -0.3 is 4.74 Å². The number of hydrogen-bond donors (Lipinski definition) is 1. The van der Waals surface area contributed by atoms with E-state index in [1.807, 2.05) is 25.2 Å². The van der Waals surface area contributed by atoms with Crippen LogP contribution in [0.25, 0.3) is 0 Å². The highest BCUT2D eigenvalue weighted by molar-refractivity contribution is 5.36. The normalized spacial score (nSPS) is 9.54. The molecule has 0 spiro atoms. The second-order valence-electron chi connectivity index (χ2n) is 2.62. The van der Waals surface area contributed by atoms with Crippen LogP contribution in [-0.2, 0) is 11.3 Å². The first-order chi connectivity index (χ1) is 6.38. The van der Waals surface area contributed by atoms with Crippen molar-refractivity contribution in [1.29, 1.82) is 5.26 Å². The van der Waals surface area contributed by atoms with Gasteiger partial charge >= 0.3 is 0 Å². The molecule has 1 aromatic carbocycles. The monoisotopic (exact) mass is 176 g/mol. The summed E-state index contributed by atoms with van der Waals surface area (Å²) in [5, 5.41) is 11.6. The number of nitrogens with one attached hydrogen (secondary N) is 1. The van der Waals surface area contributed by atoms with Crippen molar-refractivity contribution >= 4 is 0 Å². The van der Waals surface area contributed by atoms with Gasteiger partial charge in [0.2, 0.25) is 0 Å². The average Bonchev–Trinajstić information content (AvgIpc) is 2.19. The maximum Gasteiger partial charge on any atom is 0.0995 e. The standard InChI is InChI=1S/C10H12N2O/c1-12-8-13-7-10-5-3-2-4-9(10)6-11/h2-5,12H,7-8H2,1H3. The molecule has 0 atom stereocenters. The summed E-state index contributed by atoms with van der Waals surface area (Å²) < 4.78 is 5.25. The van der Waals surface area contributed by atoms with Crippen LogP contribution in [0.1, 0.15) is 11.1 Å². The maximum atomic E-state index is 8.75. The van der Waals surface area contributed by atoms with Crippen LogP contribution in [0.4, 0.5) is 0 Å². The predicted octanol–water partition coefficient (Wildman–Crippen LogP) is 1.25. The van der Waals surface area contributed by atoms with Crippen LogP contribution in [0.15, 0.2) is 24.3 Å². The Kier molecular flexibility index (Phi) is 3.97. The summed E-state index contributed by atoms with van der Waals surface area (Å²) in [5.74, 6) is 0. The minimum absolute atomic E-state index is 0.477. The summed E-state index contributed by atoms with van der Waals surface area (Å²) in [6, 6.07) is 9.56. The first-order valence-electron chi connectivity index (χ1n) is 4.09. The van der Waals surface area contributed by atoms with Gasteiger partial charge in [0, 0.05) is 0 Å². The molecule has 1 N–H and O–H groups in total. The van der Waals surface area contributed by atoms with Crippen LogP contribution in [0, 0.1) is 11.3 Å². The lowest BCUT2D eigenvalue weighted by Crippen LogP contribution is -2.11. The molecule has 3 heteroatoms. The molecule has 1 rings (SSSR count). The first-order valence-corrected chi connectivity index (χ1v) is 4.09. The zero-order chi connectivity index (χ0) is 9.52. The molecule has 0 bridgehead atoms. The van der Waals surface area contributed by atoms with Gasteiger partial charge in [-0.05, 0) is 18.7 Å². The van der Waals surface area contributed by atoms with E-state index in [9.17, 15) is 0 Å². The largest absolute Gasteiger partial charge is 0.362 e. The van der Waals surface area contributed by atoms with E-state index < -0.39 is 0 Å². The van der Waals surface area contributed by atoms with Gasteiger partial charge in [0.25, 0.3) is 0 Å². The van der Waals surface area contributed by atoms with Crippen molar-refractivity contribution in [2.75, 3.05) is 13.8 Å². The molecule has 0 aliphatic carbocycles. The summed E-state index contributed by atoms with van der Waals surface area (Å²) in [5.41, 5.74) is 1.61. The third-order valence-electron chi connectivity index (χ3n) is 1.64. The second kappa shape index (κ2) is 5.31. The van der Waals surface area contributed by atoms with Crippen molar-refractivity contribution in [3.63, 3.8) is 0 Å². The molecular weight excluding hydrogens is 164 g/mol. The van der Waals surface area contributed by atoms with E-state index in [4.69, 9.17) is 10.00 Å². The maximum absolute atomic E-state index is 8.75. The fourth-order valence-electron chi connectivity index (χ4n) is 1.02. The molecule has 0 saturated carbocycles. The van der Waals surface area contributed by atoms with Crippen molar-refractivity contribution in [2.45, 2.75) is 6.61 Å². The van der Waals surface area contributed by atoms with Crippen LogP contribution in [-0.4, -0.2) is 13.8 Å². The summed E-state index contributed by atoms with van der Waals surface area (Å²) in [4.78, 5) is 0. The molecule has 0 aliphatic heterocycles. The molecular formula is C10H12N2O. The van der Waals surface area contributed by atoms with Crippen molar-refractivity contribution < 1.29 is 4.74 Å². The molecule has 1 aromatic rings. The fourth-order valence-corrected chi connectivity index (χ4v) is 1.02. The lowest BCUT2D eigenvalue weighted by atomic mass is 10.1. The van der Waals surface area contributed by atoms with Crippen molar-refractivity contribution in [3.05, 3.63) is 35.4 Å². The van der Waals surface area contributed by atoms with Crippen LogP contribution in [0.2, 0.25) is 0 Å². The molecule has 0 radical (unpaired) electrons. The van der Waals surface area contributed by atoms with E-state index in [-0.39, 0.29) is 0 Å². The number of hydrogen-bond acceptors (Lipinski definition) is 3. The minimum Gasteiger partial charge on any atom is -0.362 e. The molecule has 3 nitrogen and oxygen atoms in total. The van der Waals surface area contributed by atoms with Crippen LogP contribution in [0.3, 0.4) is 0 Å². The highest BCUT2D eigenvalue weighted by atomic mass is 16.5. The third-order valence-corrected chi connectivity index (χ3v) is 1.64. The Bertz CT molecular complexity index is 304. The molecule has 0 amide bonds. The molecule has 68 valence electrons. The van der Waals surface area contributed by atoms with Gasteiger partial charge in [0.05, 0.1) is 25.0 Å². The number of nitrogens with zero attached hydrogens (tertiary/aromatic N) is 1.